The quantitative estimate of drug-likeness (QED) is 0.354. The largest absolute Gasteiger partial charge is 0.493 e. The molecule has 0 saturated heterocycles. The lowest BCUT2D eigenvalue weighted by atomic mass is 10.1. The number of carboxylic acids is 1. The zero-order chi connectivity index (χ0) is 24.4. The highest BCUT2D eigenvalue weighted by molar-refractivity contribution is 6.32. The Balaban J connectivity index is 1.67. The Morgan fingerprint density at radius 3 is 2.62 bits per heavy atom. The molecular weight excluding hydrogens is 454 g/mol. The first-order valence-electron chi connectivity index (χ1n) is 11.0. The van der Waals surface area contributed by atoms with Gasteiger partial charge >= 0.3 is 5.97 Å². The number of fused-ring (bicyclic) bond motifs is 1. The molecule has 1 N–H and O–H groups in total. The Bertz CT molecular complexity index is 1380. The highest BCUT2D eigenvalue weighted by atomic mass is 35.5. The summed E-state index contributed by atoms with van der Waals surface area (Å²) in [6.07, 6.45) is 0.768. The minimum Gasteiger partial charge on any atom is -0.493 e. The van der Waals surface area contributed by atoms with Crippen molar-refractivity contribution in [3.05, 3.63) is 81.3 Å². The molecule has 8 heteroatoms. The standard InChI is InChI=1S/C26H26ClN3O4/c1-5-22-29-23-15(2)10-16(3)28-25(23)30(22)13-17-11-20(27)24(21(12-17)33-4)34-14-18-8-6-7-9-19(18)26(31)32/h6-12H,5,13-14H2,1-4H3,(H,31,32). The average molecular weight is 480 g/mol. The first kappa shape index (κ1) is 23.6. The van der Waals surface area contributed by atoms with E-state index in [0.717, 1.165) is 40.2 Å². The minimum absolute atomic E-state index is 0.0481. The van der Waals surface area contributed by atoms with Gasteiger partial charge in [-0.05, 0) is 49.2 Å². The molecule has 34 heavy (non-hydrogen) atoms. The van der Waals surface area contributed by atoms with E-state index in [-0.39, 0.29) is 12.2 Å². The summed E-state index contributed by atoms with van der Waals surface area (Å²) >= 11 is 6.60. The van der Waals surface area contributed by atoms with Crippen LogP contribution in [-0.2, 0) is 19.6 Å². The second-order valence-electron chi connectivity index (χ2n) is 8.08. The number of benzene rings is 2. The van der Waals surface area contributed by atoms with E-state index in [2.05, 4.69) is 11.5 Å². The average Bonchev–Trinajstić information content (AvgIpc) is 3.15. The Hall–Kier alpha value is -3.58. The second-order valence-corrected chi connectivity index (χ2v) is 8.49. The fourth-order valence-electron chi connectivity index (χ4n) is 4.08. The molecule has 4 rings (SSSR count). The summed E-state index contributed by atoms with van der Waals surface area (Å²) in [5, 5.41) is 9.79. The van der Waals surface area contributed by atoms with Gasteiger partial charge in [0.15, 0.2) is 17.1 Å². The Morgan fingerprint density at radius 1 is 1.15 bits per heavy atom. The number of imidazole rings is 1. The molecule has 0 saturated carbocycles. The molecule has 0 bridgehead atoms. The SMILES string of the molecule is CCc1nc2c(C)cc(C)nc2n1Cc1cc(Cl)c(OCc2ccccc2C(=O)O)c(OC)c1. The molecule has 7 nitrogen and oxygen atoms in total. The van der Waals surface area contributed by atoms with Crippen LogP contribution in [0.15, 0.2) is 42.5 Å². The lowest BCUT2D eigenvalue weighted by Crippen LogP contribution is -2.08. The number of hydrogen-bond donors (Lipinski definition) is 1. The first-order valence-corrected chi connectivity index (χ1v) is 11.3. The van der Waals surface area contributed by atoms with Gasteiger partial charge in [-0.3, -0.25) is 0 Å². The summed E-state index contributed by atoms with van der Waals surface area (Å²) in [4.78, 5) is 21.0. The monoisotopic (exact) mass is 479 g/mol. The number of hydrogen-bond acceptors (Lipinski definition) is 5. The molecule has 0 aliphatic heterocycles. The molecule has 0 amide bonds. The molecule has 0 spiro atoms. The summed E-state index contributed by atoms with van der Waals surface area (Å²) in [6.45, 7) is 6.66. The molecule has 4 aromatic rings. The van der Waals surface area contributed by atoms with Crippen molar-refractivity contribution < 1.29 is 19.4 Å². The lowest BCUT2D eigenvalue weighted by molar-refractivity contribution is 0.0694. The van der Waals surface area contributed by atoms with Crippen LogP contribution in [0.4, 0.5) is 0 Å². The molecule has 2 aromatic carbocycles. The summed E-state index contributed by atoms with van der Waals surface area (Å²) < 4.78 is 13.6. The zero-order valence-electron chi connectivity index (χ0n) is 19.6. The lowest BCUT2D eigenvalue weighted by Gasteiger charge is -2.16. The van der Waals surface area contributed by atoms with E-state index in [4.69, 9.17) is 31.0 Å². The molecule has 0 aliphatic rings. The molecule has 2 heterocycles. The van der Waals surface area contributed by atoms with Gasteiger partial charge in [-0.15, -0.1) is 0 Å². The van der Waals surface area contributed by atoms with E-state index in [9.17, 15) is 9.90 Å². The highest BCUT2D eigenvalue weighted by Gasteiger charge is 2.18. The fraction of sp³-hybridized carbons (Fsp3) is 0.269. The van der Waals surface area contributed by atoms with Crippen LogP contribution in [0.25, 0.3) is 11.2 Å². The zero-order valence-corrected chi connectivity index (χ0v) is 20.3. The predicted octanol–water partition coefficient (Wildman–Crippen LogP) is 5.60. The van der Waals surface area contributed by atoms with Crippen LogP contribution < -0.4 is 9.47 Å². The summed E-state index contributed by atoms with van der Waals surface area (Å²) in [5.41, 5.74) is 5.42. The van der Waals surface area contributed by atoms with Crippen molar-refractivity contribution in [1.82, 2.24) is 14.5 Å². The van der Waals surface area contributed by atoms with Crippen LogP contribution in [0.5, 0.6) is 11.5 Å². The molecule has 2 aromatic heterocycles. The van der Waals surface area contributed by atoms with Crippen LogP contribution >= 0.6 is 11.6 Å². The van der Waals surface area contributed by atoms with Crippen LogP contribution in [0.3, 0.4) is 0 Å². The van der Waals surface area contributed by atoms with E-state index >= 15 is 0 Å². The van der Waals surface area contributed by atoms with Crippen molar-refractivity contribution in [3.63, 3.8) is 0 Å². The van der Waals surface area contributed by atoms with Crippen molar-refractivity contribution in [2.75, 3.05) is 7.11 Å². The molecule has 0 aliphatic carbocycles. The van der Waals surface area contributed by atoms with Gasteiger partial charge in [0.1, 0.15) is 17.9 Å². The van der Waals surface area contributed by atoms with Gasteiger partial charge in [0.25, 0.3) is 0 Å². The maximum Gasteiger partial charge on any atom is 0.336 e. The summed E-state index contributed by atoms with van der Waals surface area (Å²) in [5.74, 6) is 0.769. The normalized spacial score (nSPS) is 11.1. The smallest absolute Gasteiger partial charge is 0.336 e. The van der Waals surface area contributed by atoms with Crippen molar-refractivity contribution in [1.29, 1.82) is 0 Å². The Morgan fingerprint density at radius 2 is 1.91 bits per heavy atom. The van der Waals surface area contributed by atoms with Gasteiger partial charge in [0.2, 0.25) is 0 Å². The summed E-state index contributed by atoms with van der Waals surface area (Å²) in [6, 6.07) is 12.4. The number of carboxylic acid groups (broad SMARTS) is 1. The number of pyridine rings is 1. The van der Waals surface area contributed by atoms with Crippen LogP contribution in [0.2, 0.25) is 5.02 Å². The molecule has 0 unspecified atom stereocenters. The van der Waals surface area contributed by atoms with Crippen LogP contribution in [-0.4, -0.2) is 32.7 Å². The topological polar surface area (TPSA) is 86.5 Å². The molecular formula is C26H26ClN3O4. The van der Waals surface area contributed by atoms with Crippen molar-refractivity contribution >= 4 is 28.7 Å². The van der Waals surface area contributed by atoms with Crippen LogP contribution in [0, 0.1) is 13.8 Å². The van der Waals surface area contributed by atoms with Crippen LogP contribution in [0.1, 0.15) is 45.5 Å². The van der Waals surface area contributed by atoms with E-state index in [1.165, 1.54) is 0 Å². The highest BCUT2D eigenvalue weighted by Crippen LogP contribution is 2.37. The third kappa shape index (κ3) is 4.56. The number of ether oxygens (including phenoxy) is 2. The Labute approximate surface area is 202 Å². The maximum absolute atomic E-state index is 11.5. The van der Waals surface area contributed by atoms with Gasteiger partial charge in [-0.2, -0.15) is 0 Å². The second kappa shape index (κ2) is 9.73. The number of aryl methyl sites for hydroxylation is 3. The number of aromatic nitrogens is 3. The molecule has 176 valence electrons. The van der Waals surface area contributed by atoms with Crippen molar-refractivity contribution in [3.8, 4) is 11.5 Å². The first-order chi connectivity index (χ1) is 16.3. The maximum atomic E-state index is 11.5. The van der Waals surface area contributed by atoms with E-state index in [0.29, 0.717) is 28.6 Å². The van der Waals surface area contributed by atoms with E-state index in [1.807, 2.05) is 32.0 Å². The van der Waals surface area contributed by atoms with E-state index < -0.39 is 5.97 Å². The van der Waals surface area contributed by atoms with Gasteiger partial charge in [-0.1, -0.05) is 36.7 Å². The van der Waals surface area contributed by atoms with Gasteiger partial charge in [0, 0.05) is 17.7 Å². The van der Waals surface area contributed by atoms with Gasteiger partial charge in [-0.25, -0.2) is 14.8 Å². The third-order valence-corrected chi connectivity index (χ3v) is 5.95. The van der Waals surface area contributed by atoms with Gasteiger partial charge < -0.3 is 19.1 Å². The number of nitrogens with zero attached hydrogens (tertiary/aromatic N) is 3. The van der Waals surface area contributed by atoms with Crippen molar-refractivity contribution in [2.24, 2.45) is 0 Å². The summed E-state index contributed by atoms with van der Waals surface area (Å²) in [7, 11) is 1.55. The fourth-order valence-corrected chi connectivity index (χ4v) is 4.36. The van der Waals surface area contributed by atoms with E-state index in [1.54, 1.807) is 31.4 Å². The Kier molecular flexibility index (Phi) is 6.75. The number of halogens is 1. The number of carbonyl (C=O) groups is 1. The number of aromatic carboxylic acids is 1. The van der Waals surface area contributed by atoms with Crippen molar-refractivity contribution in [2.45, 2.75) is 40.3 Å². The third-order valence-electron chi connectivity index (χ3n) is 5.67. The number of rotatable bonds is 8. The molecule has 0 atom stereocenters. The predicted molar refractivity (Wildman–Crippen MR) is 131 cm³/mol. The molecule has 0 radical (unpaired) electrons. The minimum atomic E-state index is -1.01. The van der Waals surface area contributed by atoms with Gasteiger partial charge in [0.05, 0.1) is 24.2 Å². The number of methoxy groups -OCH3 is 1. The molecule has 0 fully saturated rings.